The number of nitrogens with zero attached hydrogens (tertiary/aromatic N) is 2. The molecule has 1 N–H and O–H groups in total. The van der Waals surface area contributed by atoms with Gasteiger partial charge in [-0.2, -0.15) is 4.31 Å². The van der Waals surface area contributed by atoms with Crippen molar-refractivity contribution in [1.82, 2.24) is 4.31 Å². The summed E-state index contributed by atoms with van der Waals surface area (Å²) in [6.07, 6.45) is 0. The predicted molar refractivity (Wildman–Crippen MR) is 102 cm³/mol. The first-order chi connectivity index (χ1) is 12.7. The molecule has 0 saturated heterocycles. The van der Waals surface area contributed by atoms with E-state index in [1.807, 2.05) is 0 Å². The zero-order valence-corrected chi connectivity index (χ0v) is 16.1. The number of carbonyl (C=O) groups is 1. The first kappa shape index (κ1) is 20.5. The summed E-state index contributed by atoms with van der Waals surface area (Å²) >= 11 is 0. The summed E-state index contributed by atoms with van der Waals surface area (Å²) < 4.78 is 26.9. The predicted octanol–water partition coefficient (Wildman–Crippen LogP) is 3.19. The molecule has 9 heteroatoms. The van der Waals surface area contributed by atoms with Gasteiger partial charge in [0.2, 0.25) is 10.0 Å². The molecule has 2 aromatic carbocycles. The number of hydrogen-bond donors (Lipinski definition) is 1. The molecule has 0 radical (unpaired) electrons. The van der Waals surface area contributed by atoms with Crippen LogP contribution in [0.15, 0.2) is 47.4 Å². The fourth-order valence-corrected chi connectivity index (χ4v) is 4.33. The monoisotopic (exact) mass is 391 g/mol. The van der Waals surface area contributed by atoms with Gasteiger partial charge in [0, 0.05) is 36.5 Å². The first-order valence-electron chi connectivity index (χ1n) is 8.37. The van der Waals surface area contributed by atoms with Gasteiger partial charge in [-0.25, -0.2) is 8.42 Å². The van der Waals surface area contributed by atoms with Crippen LogP contribution in [0, 0.1) is 17.0 Å². The van der Waals surface area contributed by atoms with E-state index in [2.05, 4.69) is 5.32 Å². The minimum Gasteiger partial charge on any atom is -0.322 e. The van der Waals surface area contributed by atoms with Crippen LogP contribution in [0.3, 0.4) is 0 Å². The van der Waals surface area contributed by atoms with Crippen molar-refractivity contribution in [1.29, 1.82) is 0 Å². The van der Waals surface area contributed by atoms with Gasteiger partial charge in [-0.3, -0.25) is 14.9 Å². The minimum atomic E-state index is -3.68. The number of nitro benzene ring substituents is 1. The van der Waals surface area contributed by atoms with Crippen molar-refractivity contribution in [3.63, 3.8) is 0 Å². The highest BCUT2D eigenvalue weighted by molar-refractivity contribution is 7.89. The van der Waals surface area contributed by atoms with Crippen LogP contribution in [-0.2, 0) is 10.0 Å². The van der Waals surface area contributed by atoms with Crippen molar-refractivity contribution >= 4 is 27.3 Å². The molecule has 0 saturated carbocycles. The number of non-ortho nitro benzene ring substituents is 1. The Labute approximate surface area is 158 Å². The van der Waals surface area contributed by atoms with E-state index in [0.717, 1.165) is 6.07 Å². The van der Waals surface area contributed by atoms with Crippen molar-refractivity contribution in [2.24, 2.45) is 0 Å². The number of nitro groups is 1. The molecule has 144 valence electrons. The van der Waals surface area contributed by atoms with E-state index in [1.165, 1.54) is 28.6 Å². The summed E-state index contributed by atoms with van der Waals surface area (Å²) in [5, 5.41) is 13.4. The van der Waals surface area contributed by atoms with Crippen LogP contribution in [0.25, 0.3) is 0 Å². The molecule has 0 spiro atoms. The lowest BCUT2D eigenvalue weighted by Gasteiger charge is -2.20. The van der Waals surface area contributed by atoms with Gasteiger partial charge in [-0.05, 0) is 30.7 Å². The Balaban J connectivity index is 2.35. The number of anilines is 1. The molecule has 0 fully saturated rings. The molecule has 2 aromatic rings. The van der Waals surface area contributed by atoms with Crippen molar-refractivity contribution in [3.05, 3.63) is 63.7 Å². The van der Waals surface area contributed by atoms with Gasteiger partial charge in [0.25, 0.3) is 11.6 Å². The molecule has 1 amide bonds. The molecule has 27 heavy (non-hydrogen) atoms. The molecule has 8 nitrogen and oxygen atoms in total. The minimum absolute atomic E-state index is 0.109. The van der Waals surface area contributed by atoms with Gasteiger partial charge < -0.3 is 5.32 Å². The molecule has 2 rings (SSSR count). The molecule has 0 bridgehead atoms. The number of amides is 1. The number of rotatable bonds is 7. The van der Waals surface area contributed by atoms with E-state index < -0.39 is 20.9 Å². The van der Waals surface area contributed by atoms with Crippen molar-refractivity contribution < 1.29 is 18.1 Å². The topological polar surface area (TPSA) is 110 Å². The van der Waals surface area contributed by atoms with Crippen LogP contribution < -0.4 is 5.32 Å². The number of nitrogens with one attached hydrogen (secondary N) is 1. The lowest BCUT2D eigenvalue weighted by atomic mass is 10.1. The number of hydrogen-bond acceptors (Lipinski definition) is 5. The molecular formula is C18H21N3O5S. The molecule has 0 heterocycles. The third kappa shape index (κ3) is 4.50. The largest absolute Gasteiger partial charge is 0.322 e. The van der Waals surface area contributed by atoms with Gasteiger partial charge in [-0.15, -0.1) is 0 Å². The van der Waals surface area contributed by atoms with Gasteiger partial charge in [-0.1, -0.05) is 26.0 Å². The number of carbonyl (C=O) groups excluding carboxylic acids is 1. The van der Waals surface area contributed by atoms with Crippen molar-refractivity contribution in [3.8, 4) is 0 Å². The normalized spacial score (nSPS) is 11.4. The van der Waals surface area contributed by atoms with E-state index >= 15 is 0 Å². The fraction of sp³-hybridized carbons (Fsp3) is 0.278. The summed E-state index contributed by atoms with van der Waals surface area (Å²) in [7, 11) is -3.68. The second-order valence-corrected chi connectivity index (χ2v) is 7.74. The molecule has 0 aliphatic carbocycles. The molecule has 0 aromatic heterocycles. The Kier molecular flexibility index (Phi) is 6.29. The molecule has 0 aliphatic heterocycles. The average Bonchev–Trinajstić information content (AvgIpc) is 2.64. The highest BCUT2D eigenvalue weighted by atomic mass is 32.2. The molecular weight excluding hydrogens is 370 g/mol. The quantitative estimate of drug-likeness (QED) is 0.576. The Bertz CT molecular complexity index is 969. The lowest BCUT2D eigenvalue weighted by molar-refractivity contribution is -0.384. The molecule has 0 atom stereocenters. The third-order valence-electron chi connectivity index (χ3n) is 4.09. The smallest absolute Gasteiger partial charge is 0.270 e. The van der Waals surface area contributed by atoms with Gasteiger partial charge >= 0.3 is 0 Å². The van der Waals surface area contributed by atoms with E-state index in [9.17, 15) is 23.3 Å². The zero-order valence-electron chi connectivity index (χ0n) is 15.3. The van der Waals surface area contributed by atoms with E-state index in [4.69, 9.17) is 0 Å². The highest BCUT2D eigenvalue weighted by Crippen LogP contribution is 2.24. The van der Waals surface area contributed by atoms with Crippen molar-refractivity contribution in [2.75, 3.05) is 18.4 Å². The number of benzene rings is 2. The second-order valence-electron chi connectivity index (χ2n) is 5.83. The Morgan fingerprint density at radius 2 is 1.81 bits per heavy atom. The first-order valence-corrected chi connectivity index (χ1v) is 9.81. The van der Waals surface area contributed by atoms with Gasteiger partial charge in [0.15, 0.2) is 0 Å². The van der Waals surface area contributed by atoms with Crippen molar-refractivity contribution in [2.45, 2.75) is 25.7 Å². The van der Waals surface area contributed by atoms with E-state index in [0.29, 0.717) is 24.3 Å². The Morgan fingerprint density at radius 3 is 2.41 bits per heavy atom. The summed E-state index contributed by atoms with van der Waals surface area (Å²) in [5.74, 6) is -0.561. The van der Waals surface area contributed by atoms with Crippen LogP contribution >= 0.6 is 0 Å². The third-order valence-corrected chi connectivity index (χ3v) is 6.28. The Hall–Kier alpha value is -2.78. The molecule has 0 unspecified atom stereocenters. The zero-order chi connectivity index (χ0) is 20.2. The van der Waals surface area contributed by atoms with E-state index in [-0.39, 0.29) is 16.1 Å². The fourth-order valence-electron chi connectivity index (χ4n) is 2.62. The maximum atomic E-state index is 12.8. The van der Waals surface area contributed by atoms with Crippen LogP contribution in [-0.4, -0.2) is 36.6 Å². The van der Waals surface area contributed by atoms with Crippen LogP contribution in [0.2, 0.25) is 0 Å². The summed E-state index contributed by atoms with van der Waals surface area (Å²) in [6.45, 7) is 5.86. The second kappa shape index (κ2) is 8.28. The SMILES string of the molecule is CCN(CC)S(=O)(=O)c1cc(NC(=O)c2cccc([N+](=O)[O-])c2)ccc1C. The molecule has 0 aliphatic rings. The summed E-state index contributed by atoms with van der Waals surface area (Å²) in [6, 6.07) is 9.92. The van der Waals surface area contributed by atoms with Gasteiger partial charge in [0.05, 0.1) is 9.82 Å². The van der Waals surface area contributed by atoms with Crippen LogP contribution in [0.5, 0.6) is 0 Å². The lowest BCUT2D eigenvalue weighted by Crippen LogP contribution is -2.31. The average molecular weight is 391 g/mol. The van der Waals surface area contributed by atoms with Crippen LogP contribution in [0.1, 0.15) is 29.8 Å². The standard InChI is InChI=1S/C18H21N3O5S/c1-4-20(5-2)27(25,26)17-12-15(10-9-13(17)3)19-18(22)14-7-6-8-16(11-14)21(23)24/h6-12H,4-5H2,1-3H3,(H,19,22). The highest BCUT2D eigenvalue weighted by Gasteiger charge is 2.24. The number of aryl methyl sites for hydroxylation is 1. The summed E-state index contributed by atoms with van der Waals surface area (Å²) in [5.41, 5.74) is 0.771. The van der Waals surface area contributed by atoms with Gasteiger partial charge in [0.1, 0.15) is 0 Å². The number of sulfonamides is 1. The maximum absolute atomic E-state index is 12.8. The van der Waals surface area contributed by atoms with E-state index in [1.54, 1.807) is 32.9 Å². The van der Waals surface area contributed by atoms with Crippen LogP contribution in [0.4, 0.5) is 11.4 Å². The summed E-state index contributed by atoms with van der Waals surface area (Å²) in [4.78, 5) is 22.8. The maximum Gasteiger partial charge on any atom is 0.270 e. The Morgan fingerprint density at radius 1 is 1.15 bits per heavy atom.